The smallest absolute Gasteiger partial charge is 0.153 e. The fraction of sp³-hybridized carbons (Fsp3) is 0. The van der Waals surface area contributed by atoms with Crippen molar-refractivity contribution in [3.05, 3.63) is 46.1 Å². The topological polar surface area (TPSA) is 61.6 Å². The number of benzene rings is 1. The van der Waals surface area contributed by atoms with Crippen LogP contribution in [-0.2, 0) is 0 Å². The average molecular weight is 283 g/mol. The van der Waals surface area contributed by atoms with Crippen LogP contribution >= 0.6 is 23.2 Å². The molecule has 18 heavy (non-hydrogen) atoms. The molecule has 0 unspecified atom stereocenters. The minimum Gasteiger partial charge on any atom is -0.339 e. The van der Waals surface area contributed by atoms with Gasteiger partial charge in [-0.25, -0.2) is 14.4 Å². The Hall–Kier alpha value is -1.90. The molecule has 1 heterocycles. The SMILES string of the molecule is N#Cc1c(Cl)ncnc1Nc1ccc(F)c(Cl)c1. The summed E-state index contributed by atoms with van der Waals surface area (Å²) >= 11 is 11.4. The summed E-state index contributed by atoms with van der Waals surface area (Å²) in [4.78, 5) is 7.58. The number of nitrogens with one attached hydrogen (secondary N) is 1. The lowest BCUT2D eigenvalue weighted by molar-refractivity contribution is 0.628. The zero-order valence-corrected chi connectivity index (χ0v) is 10.3. The van der Waals surface area contributed by atoms with Gasteiger partial charge in [-0.1, -0.05) is 23.2 Å². The number of nitriles is 1. The molecule has 1 N–H and O–H groups in total. The largest absolute Gasteiger partial charge is 0.339 e. The van der Waals surface area contributed by atoms with Gasteiger partial charge in [0.2, 0.25) is 0 Å². The molecule has 1 aromatic heterocycles. The van der Waals surface area contributed by atoms with Gasteiger partial charge in [-0.2, -0.15) is 5.26 Å². The van der Waals surface area contributed by atoms with Crippen LogP contribution in [-0.4, -0.2) is 9.97 Å². The molecule has 2 rings (SSSR count). The molecule has 4 nitrogen and oxygen atoms in total. The molecule has 0 spiro atoms. The summed E-state index contributed by atoms with van der Waals surface area (Å²) in [7, 11) is 0. The fourth-order valence-electron chi connectivity index (χ4n) is 1.27. The summed E-state index contributed by atoms with van der Waals surface area (Å²) in [6.45, 7) is 0. The molecule has 7 heteroatoms. The van der Waals surface area contributed by atoms with E-state index in [4.69, 9.17) is 28.5 Å². The lowest BCUT2D eigenvalue weighted by Crippen LogP contribution is -1.99. The number of aromatic nitrogens is 2. The molecule has 90 valence electrons. The third-order valence-electron chi connectivity index (χ3n) is 2.10. The second kappa shape index (κ2) is 5.17. The molecule has 0 amide bonds. The van der Waals surface area contributed by atoms with E-state index in [0.717, 1.165) is 0 Å². The molecule has 0 aliphatic carbocycles. The minimum absolute atomic E-state index is 0.0290. The maximum absolute atomic E-state index is 13.0. The molecule has 1 aromatic carbocycles. The third kappa shape index (κ3) is 2.50. The zero-order chi connectivity index (χ0) is 13.1. The second-order valence-corrected chi connectivity index (χ2v) is 4.02. The van der Waals surface area contributed by atoms with Gasteiger partial charge in [0.1, 0.15) is 23.8 Å². The standard InChI is InChI=1S/C11H5Cl2FN4/c12-8-3-6(1-2-9(8)14)18-11-7(4-15)10(13)16-5-17-11/h1-3,5H,(H,16,17,18). The van der Waals surface area contributed by atoms with Crippen molar-refractivity contribution in [2.45, 2.75) is 0 Å². The zero-order valence-electron chi connectivity index (χ0n) is 8.78. The van der Waals surface area contributed by atoms with Gasteiger partial charge in [-0.05, 0) is 18.2 Å². The summed E-state index contributed by atoms with van der Waals surface area (Å²) in [5.74, 6) is -0.288. The first-order valence-electron chi connectivity index (χ1n) is 4.74. The highest BCUT2D eigenvalue weighted by molar-refractivity contribution is 6.31. The number of halogens is 3. The molecule has 0 atom stereocenters. The van der Waals surface area contributed by atoms with E-state index in [1.54, 1.807) is 0 Å². The molecular weight excluding hydrogens is 278 g/mol. The van der Waals surface area contributed by atoms with E-state index in [9.17, 15) is 4.39 Å². The number of hydrogen-bond donors (Lipinski definition) is 1. The quantitative estimate of drug-likeness (QED) is 0.856. The van der Waals surface area contributed by atoms with Gasteiger partial charge in [0.05, 0.1) is 5.02 Å². The molecule has 0 bridgehead atoms. The number of anilines is 2. The minimum atomic E-state index is -0.525. The van der Waals surface area contributed by atoms with E-state index in [0.29, 0.717) is 5.69 Å². The van der Waals surface area contributed by atoms with E-state index in [-0.39, 0.29) is 21.6 Å². The van der Waals surface area contributed by atoms with Gasteiger partial charge in [-0.3, -0.25) is 0 Å². The van der Waals surface area contributed by atoms with Crippen LogP contribution < -0.4 is 5.32 Å². The van der Waals surface area contributed by atoms with E-state index < -0.39 is 5.82 Å². The van der Waals surface area contributed by atoms with Crippen molar-refractivity contribution in [1.29, 1.82) is 5.26 Å². The Morgan fingerprint density at radius 2 is 2.06 bits per heavy atom. The predicted octanol–water partition coefficient (Wildman–Crippen LogP) is 3.54. The second-order valence-electron chi connectivity index (χ2n) is 3.25. The van der Waals surface area contributed by atoms with E-state index in [1.807, 2.05) is 6.07 Å². The summed E-state index contributed by atoms with van der Waals surface area (Å²) in [6, 6.07) is 5.95. The van der Waals surface area contributed by atoms with Gasteiger partial charge < -0.3 is 5.32 Å². The summed E-state index contributed by atoms with van der Waals surface area (Å²) in [5.41, 5.74) is 0.604. The lowest BCUT2D eigenvalue weighted by Gasteiger charge is -2.07. The summed E-state index contributed by atoms with van der Waals surface area (Å²) < 4.78 is 13.0. The van der Waals surface area contributed by atoms with Crippen LogP contribution in [0.3, 0.4) is 0 Å². The van der Waals surface area contributed by atoms with Gasteiger partial charge >= 0.3 is 0 Å². The highest BCUT2D eigenvalue weighted by Crippen LogP contribution is 2.25. The highest BCUT2D eigenvalue weighted by atomic mass is 35.5. The van der Waals surface area contributed by atoms with Crippen LogP contribution in [0.15, 0.2) is 24.5 Å². The summed E-state index contributed by atoms with van der Waals surface area (Å²) in [6.07, 6.45) is 1.22. The van der Waals surface area contributed by atoms with Crippen LogP contribution in [0.4, 0.5) is 15.9 Å². The maximum atomic E-state index is 13.0. The van der Waals surface area contributed by atoms with Crippen molar-refractivity contribution in [3.63, 3.8) is 0 Å². The number of hydrogen-bond acceptors (Lipinski definition) is 4. The van der Waals surface area contributed by atoms with Crippen LogP contribution in [0.2, 0.25) is 10.2 Å². The fourth-order valence-corrected chi connectivity index (χ4v) is 1.62. The molecular formula is C11H5Cl2FN4. The molecule has 0 radical (unpaired) electrons. The Morgan fingerprint density at radius 3 is 2.72 bits per heavy atom. The first-order chi connectivity index (χ1) is 8.61. The Kier molecular flexibility index (Phi) is 3.60. The Labute approximate surface area is 112 Å². The Bertz CT molecular complexity index is 639. The van der Waals surface area contributed by atoms with Crippen LogP contribution in [0, 0.1) is 17.1 Å². The lowest BCUT2D eigenvalue weighted by atomic mass is 10.3. The van der Waals surface area contributed by atoms with Crippen molar-refractivity contribution in [3.8, 4) is 6.07 Å². The van der Waals surface area contributed by atoms with Crippen LogP contribution in [0.25, 0.3) is 0 Å². The van der Waals surface area contributed by atoms with Gasteiger partial charge in [0.15, 0.2) is 11.0 Å². The van der Waals surface area contributed by atoms with Gasteiger partial charge in [0.25, 0.3) is 0 Å². The normalized spacial score (nSPS) is 9.89. The van der Waals surface area contributed by atoms with Crippen molar-refractivity contribution < 1.29 is 4.39 Å². The predicted molar refractivity (Wildman–Crippen MR) is 66.4 cm³/mol. The third-order valence-corrected chi connectivity index (χ3v) is 2.67. The Balaban J connectivity index is 2.37. The molecule has 0 saturated carbocycles. The van der Waals surface area contributed by atoms with Gasteiger partial charge in [-0.15, -0.1) is 0 Å². The first kappa shape index (κ1) is 12.6. The number of rotatable bonds is 2. The molecule has 0 saturated heterocycles. The first-order valence-corrected chi connectivity index (χ1v) is 5.50. The number of nitrogens with zero attached hydrogens (tertiary/aromatic N) is 3. The maximum Gasteiger partial charge on any atom is 0.153 e. The molecule has 0 aliphatic heterocycles. The van der Waals surface area contributed by atoms with E-state index >= 15 is 0 Å². The molecule has 0 aliphatic rings. The van der Waals surface area contributed by atoms with E-state index in [1.165, 1.54) is 24.5 Å². The Morgan fingerprint density at radius 1 is 1.28 bits per heavy atom. The van der Waals surface area contributed by atoms with Gasteiger partial charge in [0, 0.05) is 5.69 Å². The van der Waals surface area contributed by atoms with Crippen molar-refractivity contribution in [1.82, 2.24) is 9.97 Å². The van der Waals surface area contributed by atoms with Crippen molar-refractivity contribution in [2.24, 2.45) is 0 Å². The summed E-state index contributed by atoms with van der Waals surface area (Å²) in [5, 5.41) is 11.8. The van der Waals surface area contributed by atoms with E-state index in [2.05, 4.69) is 15.3 Å². The molecule has 2 aromatic rings. The van der Waals surface area contributed by atoms with Crippen LogP contribution in [0.5, 0.6) is 0 Å². The van der Waals surface area contributed by atoms with Crippen LogP contribution in [0.1, 0.15) is 5.56 Å². The monoisotopic (exact) mass is 282 g/mol. The average Bonchev–Trinajstić information content (AvgIpc) is 2.34. The molecule has 0 fully saturated rings. The highest BCUT2D eigenvalue weighted by Gasteiger charge is 2.10. The van der Waals surface area contributed by atoms with Crippen molar-refractivity contribution in [2.75, 3.05) is 5.32 Å². The van der Waals surface area contributed by atoms with Crippen molar-refractivity contribution >= 4 is 34.7 Å².